The van der Waals surface area contributed by atoms with Crippen LogP contribution in [0.5, 0.6) is 0 Å². The third-order valence-corrected chi connectivity index (χ3v) is 10.3. The fourth-order valence-electron chi connectivity index (χ4n) is 7.50. The van der Waals surface area contributed by atoms with Crippen LogP contribution in [0.4, 0.5) is 0 Å². The van der Waals surface area contributed by atoms with E-state index in [0.29, 0.717) is 25.2 Å². The topological polar surface area (TPSA) is 157 Å². The Balaban J connectivity index is 1.58. The van der Waals surface area contributed by atoms with Crippen molar-refractivity contribution in [3.63, 3.8) is 0 Å². The maximum Gasteiger partial charge on any atom is 0.243 e. The number of ether oxygens (including phenoxy) is 1. The molecule has 40 heavy (non-hydrogen) atoms. The molecule has 0 spiro atoms. The molecule has 228 valence electrons. The summed E-state index contributed by atoms with van der Waals surface area (Å²) in [6.45, 7) is 0. The van der Waals surface area contributed by atoms with E-state index >= 15 is 0 Å². The zero-order chi connectivity index (χ0) is 28.7. The predicted octanol–water partition coefficient (Wildman–Crippen LogP) is 2.65. The van der Waals surface area contributed by atoms with Crippen LogP contribution in [-0.4, -0.2) is 62.7 Å². The molecule has 1 aliphatic heterocycles. The number of rotatable bonds is 6. The van der Waals surface area contributed by atoms with Gasteiger partial charge in [-0.05, 0) is 69.1 Å². The number of hydrogen-bond acceptors (Lipinski definition) is 6. The highest BCUT2D eigenvalue weighted by atomic mass is 32.2. The van der Waals surface area contributed by atoms with Crippen LogP contribution in [0.25, 0.3) is 0 Å². The van der Waals surface area contributed by atoms with Gasteiger partial charge < -0.3 is 21.1 Å². The first-order valence-electron chi connectivity index (χ1n) is 15.6. The van der Waals surface area contributed by atoms with Crippen LogP contribution in [-0.2, 0) is 29.1 Å². The number of nitrogens with two attached hydrogens (primary N) is 1. The molecule has 3 aliphatic carbocycles. The standard InChI is InChI=1S/C29H50N4O6S/c1-40(37,38)33-26-18-21-10-6-12-23(16-21)39-22-11-5-9-20(15-22)17-25(27(30)34)32-28(35)24(31-29(26)36)14-13-19-7-3-2-4-8-19/h19-26,33H,2-18H2,1H3,(H2,30,34)(H,31,36)(H,32,35)/t20?,21?,22?,23?,24-,25-,26-/m0/s1. The number of hydrogen-bond donors (Lipinski definition) is 4. The van der Waals surface area contributed by atoms with Crippen molar-refractivity contribution in [2.75, 3.05) is 6.26 Å². The van der Waals surface area contributed by atoms with Crippen molar-refractivity contribution in [1.29, 1.82) is 0 Å². The molecule has 4 bridgehead atoms. The number of primary amides is 1. The van der Waals surface area contributed by atoms with Crippen LogP contribution in [0.15, 0.2) is 0 Å². The number of amides is 3. The van der Waals surface area contributed by atoms with Gasteiger partial charge in [-0.3, -0.25) is 14.4 Å². The van der Waals surface area contributed by atoms with Crippen LogP contribution in [0, 0.1) is 17.8 Å². The molecule has 4 rings (SSSR count). The maximum atomic E-state index is 13.6. The lowest BCUT2D eigenvalue weighted by molar-refractivity contribution is -0.133. The van der Waals surface area contributed by atoms with E-state index in [2.05, 4.69) is 15.4 Å². The third-order valence-electron chi connectivity index (χ3n) is 9.55. The van der Waals surface area contributed by atoms with Gasteiger partial charge in [0.25, 0.3) is 0 Å². The first kappa shape index (κ1) is 31.2. The molecule has 4 aliphatic rings. The minimum atomic E-state index is -3.67. The van der Waals surface area contributed by atoms with Gasteiger partial charge in [0.2, 0.25) is 27.7 Å². The van der Waals surface area contributed by atoms with Crippen LogP contribution in [0.2, 0.25) is 0 Å². The molecule has 3 saturated carbocycles. The number of carbonyl (C=O) groups excluding carboxylic acids is 3. The Bertz CT molecular complexity index is 985. The summed E-state index contributed by atoms with van der Waals surface area (Å²) >= 11 is 0. The second kappa shape index (κ2) is 14.4. The first-order chi connectivity index (χ1) is 19.1. The van der Waals surface area contributed by atoms with Gasteiger partial charge in [0.05, 0.1) is 18.5 Å². The Kier molecular flexibility index (Phi) is 11.3. The lowest BCUT2D eigenvalue weighted by Gasteiger charge is -2.37. The van der Waals surface area contributed by atoms with Gasteiger partial charge in [-0.15, -0.1) is 0 Å². The largest absolute Gasteiger partial charge is 0.375 e. The fraction of sp³-hybridized carbons (Fsp3) is 0.897. The predicted molar refractivity (Wildman–Crippen MR) is 152 cm³/mol. The van der Waals surface area contributed by atoms with Gasteiger partial charge in [0, 0.05) is 0 Å². The zero-order valence-corrected chi connectivity index (χ0v) is 24.9. The van der Waals surface area contributed by atoms with E-state index < -0.39 is 45.9 Å². The summed E-state index contributed by atoms with van der Waals surface area (Å²) < 4.78 is 33.6. The number of sulfonamides is 1. The van der Waals surface area contributed by atoms with Crippen LogP contribution < -0.4 is 21.1 Å². The highest BCUT2D eigenvalue weighted by molar-refractivity contribution is 7.88. The Hall–Kier alpha value is -1.72. The van der Waals surface area contributed by atoms with E-state index in [-0.39, 0.29) is 24.0 Å². The van der Waals surface area contributed by atoms with Crippen molar-refractivity contribution in [3.8, 4) is 0 Å². The highest BCUT2D eigenvalue weighted by Crippen LogP contribution is 2.35. The van der Waals surface area contributed by atoms with Gasteiger partial charge in [-0.1, -0.05) is 57.8 Å². The third kappa shape index (κ3) is 9.69. The van der Waals surface area contributed by atoms with E-state index in [1.54, 1.807) is 0 Å². The van der Waals surface area contributed by atoms with E-state index in [4.69, 9.17) is 10.5 Å². The average Bonchev–Trinajstić information content (AvgIpc) is 2.90. The molecule has 11 heteroatoms. The molecule has 0 radical (unpaired) electrons. The van der Waals surface area contributed by atoms with Gasteiger partial charge in [-0.25, -0.2) is 13.1 Å². The number of nitrogens with one attached hydrogen (secondary N) is 3. The molecule has 1 saturated heterocycles. The van der Waals surface area contributed by atoms with Crippen molar-refractivity contribution in [1.82, 2.24) is 15.4 Å². The van der Waals surface area contributed by atoms with Gasteiger partial charge in [-0.2, -0.15) is 0 Å². The summed E-state index contributed by atoms with van der Waals surface area (Å²) in [4.78, 5) is 39.6. The van der Waals surface area contributed by atoms with Crippen LogP contribution in [0.3, 0.4) is 0 Å². The first-order valence-corrected chi connectivity index (χ1v) is 17.5. The Morgan fingerprint density at radius 2 is 1.45 bits per heavy atom. The van der Waals surface area contributed by atoms with Gasteiger partial charge in [0.15, 0.2) is 0 Å². The molecular weight excluding hydrogens is 532 g/mol. The molecule has 3 amide bonds. The number of carbonyl (C=O) groups is 3. The molecule has 0 aromatic carbocycles. The van der Waals surface area contributed by atoms with E-state index in [1.165, 1.54) is 19.3 Å². The van der Waals surface area contributed by atoms with Crippen LogP contribution >= 0.6 is 0 Å². The summed E-state index contributed by atoms with van der Waals surface area (Å²) in [6.07, 6.45) is 16.4. The molecule has 4 unspecified atom stereocenters. The zero-order valence-electron chi connectivity index (χ0n) is 24.1. The lowest BCUT2D eigenvalue weighted by atomic mass is 9.81. The molecule has 4 fully saturated rings. The smallest absolute Gasteiger partial charge is 0.243 e. The van der Waals surface area contributed by atoms with E-state index in [1.807, 2.05) is 0 Å². The average molecular weight is 583 g/mol. The van der Waals surface area contributed by atoms with E-state index in [9.17, 15) is 22.8 Å². The van der Waals surface area contributed by atoms with Crippen molar-refractivity contribution in [3.05, 3.63) is 0 Å². The van der Waals surface area contributed by atoms with Crippen LogP contribution in [0.1, 0.15) is 109 Å². The van der Waals surface area contributed by atoms with Crippen molar-refractivity contribution >= 4 is 27.7 Å². The summed E-state index contributed by atoms with van der Waals surface area (Å²) in [7, 11) is -3.67. The molecule has 5 N–H and O–H groups in total. The minimum Gasteiger partial charge on any atom is -0.375 e. The molecule has 0 aromatic rings. The number of fused-ring (bicyclic) bond motifs is 4. The highest BCUT2D eigenvalue weighted by Gasteiger charge is 2.36. The molecular formula is C29H50N4O6S. The van der Waals surface area contributed by atoms with Crippen molar-refractivity contribution in [2.24, 2.45) is 23.5 Å². The molecule has 1 heterocycles. The van der Waals surface area contributed by atoms with Gasteiger partial charge >= 0.3 is 0 Å². The van der Waals surface area contributed by atoms with E-state index in [0.717, 1.165) is 76.9 Å². The molecule has 7 atom stereocenters. The second-order valence-electron chi connectivity index (χ2n) is 13.0. The Morgan fingerprint density at radius 1 is 0.825 bits per heavy atom. The normalized spacial score (nSPS) is 35.4. The van der Waals surface area contributed by atoms with Crippen molar-refractivity contribution < 1.29 is 27.5 Å². The SMILES string of the molecule is CS(=O)(=O)N[C@H]1CC2CCCC(C2)OC2CCCC(C2)C[C@@H](C(N)=O)NC(=O)[C@H](CCC2CCCCC2)NC1=O. The van der Waals surface area contributed by atoms with Gasteiger partial charge in [0.1, 0.15) is 18.1 Å². The summed E-state index contributed by atoms with van der Waals surface area (Å²) in [5.41, 5.74) is 5.75. The maximum absolute atomic E-state index is 13.6. The Morgan fingerprint density at radius 3 is 2.05 bits per heavy atom. The fourth-order valence-corrected chi connectivity index (χ4v) is 8.22. The monoisotopic (exact) mass is 582 g/mol. The quantitative estimate of drug-likeness (QED) is 0.377. The summed E-state index contributed by atoms with van der Waals surface area (Å²) in [5, 5.41) is 5.73. The Labute approximate surface area is 239 Å². The molecule has 0 aromatic heterocycles. The summed E-state index contributed by atoms with van der Waals surface area (Å²) in [5.74, 6) is -0.653. The second-order valence-corrected chi connectivity index (χ2v) is 14.7. The lowest BCUT2D eigenvalue weighted by Crippen LogP contribution is -2.57. The van der Waals surface area contributed by atoms with Crippen molar-refractivity contribution in [2.45, 2.75) is 139 Å². The molecule has 10 nitrogen and oxygen atoms in total. The summed E-state index contributed by atoms with van der Waals surface area (Å²) in [6, 6.07) is -2.68. The minimum absolute atomic E-state index is 0.0761.